The highest BCUT2D eigenvalue weighted by Gasteiger charge is 2.27. The molecule has 0 aliphatic carbocycles. The van der Waals surface area contributed by atoms with Crippen LogP contribution in [0.5, 0.6) is 5.75 Å². The predicted molar refractivity (Wildman–Crippen MR) is 75.8 cm³/mol. The van der Waals surface area contributed by atoms with Crippen LogP contribution in [0, 0.1) is 0 Å². The lowest BCUT2D eigenvalue weighted by molar-refractivity contribution is -0.151. The first kappa shape index (κ1) is 14.7. The maximum atomic E-state index is 11.9. The van der Waals surface area contributed by atoms with E-state index in [-0.39, 0.29) is 18.5 Å². The van der Waals surface area contributed by atoms with Crippen molar-refractivity contribution < 1.29 is 19.1 Å². The van der Waals surface area contributed by atoms with Gasteiger partial charge in [-0.15, -0.1) is 11.8 Å². The van der Waals surface area contributed by atoms with Gasteiger partial charge in [-0.3, -0.25) is 4.79 Å². The van der Waals surface area contributed by atoms with Gasteiger partial charge in [0.1, 0.15) is 5.75 Å². The number of fused-ring (bicyclic) bond motifs is 1. The van der Waals surface area contributed by atoms with Crippen molar-refractivity contribution in [3.05, 3.63) is 24.3 Å². The summed E-state index contributed by atoms with van der Waals surface area (Å²) in [5.41, 5.74) is 0. The number of carbonyl (C=O) groups excluding carboxylic acids is 2. The molecule has 0 bridgehead atoms. The normalized spacial score (nSPS) is 16.8. The Bertz CT molecular complexity index is 492. The maximum Gasteiger partial charge on any atom is 0.348 e. The van der Waals surface area contributed by atoms with Crippen LogP contribution in [0.3, 0.4) is 0 Å². The second kappa shape index (κ2) is 7.19. The fourth-order valence-corrected chi connectivity index (χ4v) is 2.71. The summed E-state index contributed by atoms with van der Waals surface area (Å²) in [7, 11) is 0. The van der Waals surface area contributed by atoms with E-state index < -0.39 is 6.10 Å². The second-order valence-corrected chi connectivity index (χ2v) is 5.43. The summed E-state index contributed by atoms with van der Waals surface area (Å²) in [6, 6.07) is 7.63. The van der Waals surface area contributed by atoms with Crippen molar-refractivity contribution in [2.24, 2.45) is 0 Å². The quantitative estimate of drug-likeness (QED) is 0.660. The first-order valence-electron chi connectivity index (χ1n) is 6.46. The van der Waals surface area contributed by atoms with Gasteiger partial charge in [-0.1, -0.05) is 12.1 Å². The molecule has 1 aliphatic rings. The Morgan fingerprint density at radius 1 is 1.45 bits per heavy atom. The zero-order valence-electron chi connectivity index (χ0n) is 11.3. The lowest BCUT2D eigenvalue weighted by atomic mass is 10.3. The van der Waals surface area contributed by atoms with E-state index in [9.17, 15) is 9.59 Å². The van der Waals surface area contributed by atoms with E-state index in [1.54, 1.807) is 11.8 Å². The van der Waals surface area contributed by atoms with E-state index in [0.717, 1.165) is 10.6 Å². The summed E-state index contributed by atoms with van der Waals surface area (Å²) in [5, 5.41) is 2.65. The van der Waals surface area contributed by atoms with E-state index in [0.29, 0.717) is 18.7 Å². The van der Waals surface area contributed by atoms with Gasteiger partial charge >= 0.3 is 5.97 Å². The van der Waals surface area contributed by atoms with Gasteiger partial charge in [-0.05, 0) is 18.6 Å². The number of para-hydroxylation sites is 1. The molecule has 1 heterocycles. The molecular weight excluding hydrogens is 278 g/mol. The van der Waals surface area contributed by atoms with E-state index in [4.69, 9.17) is 9.47 Å². The number of nitrogens with one attached hydrogen (secondary N) is 1. The van der Waals surface area contributed by atoms with Crippen LogP contribution in [-0.4, -0.2) is 36.9 Å². The highest BCUT2D eigenvalue weighted by atomic mass is 32.2. The molecule has 1 aromatic carbocycles. The highest BCUT2D eigenvalue weighted by molar-refractivity contribution is 7.99. The van der Waals surface area contributed by atoms with Crippen LogP contribution in [0.2, 0.25) is 0 Å². The van der Waals surface area contributed by atoms with Crippen LogP contribution < -0.4 is 10.1 Å². The van der Waals surface area contributed by atoms with Crippen LogP contribution in [0.4, 0.5) is 0 Å². The number of hydrogen-bond acceptors (Lipinski definition) is 5. The van der Waals surface area contributed by atoms with Gasteiger partial charge in [0.15, 0.2) is 0 Å². The van der Waals surface area contributed by atoms with E-state index in [1.165, 1.54) is 6.92 Å². The van der Waals surface area contributed by atoms with Crippen molar-refractivity contribution in [3.63, 3.8) is 0 Å². The molecule has 108 valence electrons. The third-order valence-corrected chi connectivity index (χ3v) is 3.83. The molecule has 0 aromatic heterocycles. The minimum Gasteiger partial charge on any atom is -0.477 e. The minimum atomic E-state index is -0.560. The fraction of sp³-hybridized carbons (Fsp3) is 0.429. The predicted octanol–water partition coefficient (Wildman–Crippen LogP) is 1.61. The molecule has 0 unspecified atom stereocenters. The molecule has 0 fully saturated rings. The lowest BCUT2D eigenvalue weighted by Gasteiger charge is -2.23. The number of ether oxygens (including phenoxy) is 2. The van der Waals surface area contributed by atoms with Crippen LogP contribution in [0.15, 0.2) is 29.2 Å². The smallest absolute Gasteiger partial charge is 0.348 e. The minimum absolute atomic E-state index is 0.0834. The maximum absolute atomic E-state index is 11.9. The van der Waals surface area contributed by atoms with Crippen LogP contribution in [0.1, 0.15) is 13.3 Å². The molecule has 2 rings (SSSR count). The molecule has 0 spiro atoms. The molecule has 0 saturated heterocycles. The third-order valence-electron chi connectivity index (χ3n) is 2.71. The van der Waals surface area contributed by atoms with Crippen molar-refractivity contribution in [2.75, 3.05) is 18.9 Å². The molecule has 1 aliphatic heterocycles. The van der Waals surface area contributed by atoms with Gasteiger partial charge in [0.25, 0.3) is 0 Å². The van der Waals surface area contributed by atoms with E-state index in [1.807, 2.05) is 24.3 Å². The third kappa shape index (κ3) is 4.16. The molecule has 6 heteroatoms. The summed E-state index contributed by atoms with van der Waals surface area (Å²) in [5.74, 6) is 0.848. The van der Waals surface area contributed by atoms with Gasteiger partial charge in [-0.25, -0.2) is 4.79 Å². The first-order chi connectivity index (χ1) is 9.66. The number of rotatable bonds is 5. The zero-order valence-corrected chi connectivity index (χ0v) is 12.1. The van der Waals surface area contributed by atoms with Gasteiger partial charge in [0, 0.05) is 24.1 Å². The molecule has 1 amide bonds. The lowest BCUT2D eigenvalue weighted by Crippen LogP contribution is -2.34. The number of thioether (sulfide) groups is 1. The zero-order chi connectivity index (χ0) is 14.4. The fourth-order valence-electron chi connectivity index (χ4n) is 1.74. The largest absolute Gasteiger partial charge is 0.477 e. The van der Waals surface area contributed by atoms with Crippen molar-refractivity contribution in [1.82, 2.24) is 5.32 Å². The highest BCUT2D eigenvalue weighted by Crippen LogP contribution is 2.35. The number of amides is 1. The molecule has 5 nitrogen and oxygen atoms in total. The Morgan fingerprint density at radius 3 is 3.05 bits per heavy atom. The SMILES string of the molecule is CC(=O)NCCCOC(=O)[C@H]1CSc2ccccc2O1. The number of benzene rings is 1. The van der Waals surface area contributed by atoms with Crippen LogP contribution in [-0.2, 0) is 14.3 Å². The molecule has 1 atom stereocenters. The Kier molecular flexibility index (Phi) is 5.29. The summed E-state index contributed by atoms with van der Waals surface area (Å²) in [6.45, 7) is 2.24. The van der Waals surface area contributed by atoms with Crippen LogP contribution in [0.25, 0.3) is 0 Å². The van der Waals surface area contributed by atoms with Crippen molar-refractivity contribution >= 4 is 23.6 Å². The summed E-state index contributed by atoms with van der Waals surface area (Å²) >= 11 is 1.59. The van der Waals surface area contributed by atoms with Gasteiger partial charge in [0.2, 0.25) is 12.0 Å². The summed E-state index contributed by atoms with van der Waals surface area (Å²) in [6.07, 6.45) is 0.0394. The number of esters is 1. The molecule has 1 aromatic rings. The van der Waals surface area contributed by atoms with Crippen molar-refractivity contribution in [1.29, 1.82) is 0 Å². The topological polar surface area (TPSA) is 64.6 Å². The Hall–Kier alpha value is -1.69. The Morgan fingerprint density at radius 2 is 2.25 bits per heavy atom. The Balaban J connectivity index is 1.73. The van der Waals surface area contributed by atoms with Crippen molar-refractivity contribution in [2.45, 2.75) is 24.3 Å². The molecule has 0 radical (unpaired) electrons. The number of carbonyl (C=O) groups is 2. The first-order valence-corrected chi connectivity index (χ1v) is 7.45. The standard InChI is InChI=1S/C14H17NO4S/c1-10(16)15-7-4-8-18-14(17)12-9-20-13-6-3-2-5-11(13)19-12/h2-3,5-6,12H,4,7-9H2,1H3,(H,15,16)/t12-/m1/s1. The average Bonchev–Trinajstić information content (AvgIpc) is 2.46. The average molecular weight is 295 g/mol. The summed E-state index contributed by atoms with van der Waals surface area (Å²) < 4.78 is 10.8. The van der Waals surface area contributed by atoms with E-state index in [2.05, 4.69) is 5.32 Å². The van der Waals surface area contributed by atoms with E-state index >= 15 is 0 Å². The molecule has 0 saturated carbocycles. The van der Waals surface area contributed by atoms with Gasteiger partial charge in [0.05, 0.1) is 6.61 Å². The number of hydrogen-bond donors (Lipinski definition) is 1. The molecular formula is C14H17NO4S. The summed E-state index contributed by atoms with van der Waals surface area (Å²) in [4.78, 5) is 23.6. The van der Waals surface area contributed by atoms with Crippen molar-refractivity contribution in [3.8, 4) is 5.75 Å². The van der Waals surface area contributed by atoms with Crippen LogP contribution >= 0.6 is 11.8 Å². The molecule has 1 N–H and O–H groups in total. The second-order valence-electron chi connectivity index (χ2n) is 4.37. The molecule has 20 heavy (non-hydrogen) atoms. The Labute approximate surface area is 122 Å². The van der Waals surface area contributed by atoms with Gasteiger partial charge in [-0.2, -0.15) is 0 Å². The monoisotopic (exact) mass is 295 g/mol. The van der Waals surface area contributed by atoms with Gasteiger partial charge < -0.3 is 14.8 Å².